The van der Waals surface area contributed by atoms with Crippen LogP contribution < -0.4 is 0 Å². The van der Waals surface area contributed by atoms with Gasteiger partial charge in [-0.25, -0.2) is 14.6 Å². The molecule has 1 aliphatic carbocycles. The number of carbonyl (C=O) groups is 2. The van der Waals surface area contributed by atoms with Gasteiger partial charge in [-0.1, -0.05) is 42.5 Å². The lowest BCUT2D eigenvalue weighted by Gasteiger charge is -2.51. The molecule has 0 saturated heterocycles. The van der Waals surface area contributed by atoms with Crippen molar-refractivity contribution in [2.24, 2.45) is 10.9 Å². The van der Waals surface area contributed by atoms with Crippen molar-refractivity contribution < 1.29 is 45.4 Å². The summed E-state index contributed by atoms with van der Waals surface area (Å²) in [6.07, 6.45) is -9.42. The van der Waals surface area contributed by atoms with Crippen LogP contribution in [0.4, 0.5) is 26.3 Å². The number of alkyl halides is 6. The number of hydrogen-bond acceptors (Lipinski definition) is 6. The van der Waals surface area contributed by atoms with Gasteiger partial charge in [0.25, 0.3) is 5.54 Å². The lowest BCUT2D eigenvalue weighted by molar-refractivity contribution is -0.306. The topological polar surface area (TPSA) is 68.2 Å². The lowest BCUT2D eigenvalue weighted by Crippen LogP contribution is -2.70. The Morgan fingerprint density at radius 2 is 1.45 bits per heavy atom. The molecular formula is C21H16F6N2O4. The normalized spacial score (nSPS) is 25.6. The SMILES string of the molecule is COC(=O)C1=C(C(=O)OC)C2C=CC1C1N2C(c2ccccc2)=NC1(C(F)(F)F)C(F)(F)F. The highest BCUT2D eigenvalue weighted by atomic mass is 19.4. The molecule has 0 amide bonds. The van der Waals surface area contributed by atoms with E-state index in [1.165, 1.54) is 36.4 Å². The number of esters is 2. The second kappa shape index (κ2) is 7.35. The summed E-state index contributed by atoms with van der Waals surface area (Å²) in [5.41, 5.74) is -5.57. The molecule has 0 spiro atoms. The molecular weight excluding hydrogens is 458 g/mol. The van der Waals surface area contributed by atoms with Gasteiger partial charge in [0.05, 0.1) is 37.4 Å². The molecule has 0 fully saturated rings. The van der Waals surface area contributed by atoms with E-state index in [1.807, 2.05) is 0 Å². The van der Waals surface area contributed by atoms with E-state index < -0.39 is 64.8 Å². The molecule has 3 heterocycles. The van der Waals surface area contributed by atoms with E-state index in [0.717, 1.165) is 25.2 Å². The second-order valence-electron chi connectivity index (χ2n) is 7.58. The largest absolute Gasteiger partial charge is 0.466 e. The maximum Gasteiger partial charge on any atom is 0.424 e. The van der Waals surface area contributed by atoms with E-state index in [4.69, 9.17) is 4.74 Å². The van der Waals surface area contributed by atoms with Gasteiger partial charge in [0.15, 0.2) is 0 Å². The first kappa shape index (κ1) is 22.9. The number of nitrogens with zero attached hydrogens (tertiary/aromatic N) is 2. The number of ether oxygens (including phenoxy) is 2. The van der Waals surface area contributed by atoms with E-state index in [1.54, 1.807) is 0 Å². The summed E-state index contributed by atoms with van der Waals surface area (Å²) in [6, 6.07) is 3.15. The van der Waals surface area contributed by atoms with Crippen LogP contribution in [0, 0.1) is 5.92 Å². The number of methoxy groups -OCH3 is 2. The number of aliphatic imine (C=N–C) groups is 1. The number of benzene rings is 1. The average molecular weight is 474 g/mol. The van der Waals surface area contributed by atoms with Gasteiger partial charge in [-0.05, 0) is 0 Å². The molecule has 0 N–H and O–H groups in total. The first-order chi connectivity index (χ1) is 15.4. The molecule has 6 nitrogen and oxygen atoms in total. The van der Waals surface area contributed by atoms with Crippen molar-refractivity contribution in [1.82, 2.24) is 4.90 Å². The van der Waals surface area contributed by atoms with Crippen molar-refractivity contribution in [2.45, 2.75) is 30.0 Å². The minimum absolute atomic E-state index is 0.0114. The summed E-state index contributed by atoms with van der Waals surface area (Å²) in [6.45, 7) is 0. The minimum atomic E-state index is -5.87. The van der Waals surface area contributed by atoms with Gasteiger partial charge in [0, 0.05) is 11.5 Å². The van der Waals surface area contributed by atoms with Crippen LogP contribution in [0.1, 0.15) is 5.56 Å². The highest BCUT2D eigenvalue weighted by Crippen LogP contribution is 2.59. The van der Waals surface area contributed by atoms with Crippen LogP contribution in [0.3, 0.4) is 0 Å². The van der Waals surface area contributed by atoms with Crippen molar-refractivity contribution >= 4 is 17.8 Å². The maximum atomic E-state index is 14.3. The fourth-order valence-electron chi connectivity index (χ4n) is 4.73. The van der Waals surface area contributed by atoms with Crippen LogP contribution in [-0.4, -0.2) is 66.9 Å². The summed E-state index contributed by atoms with van der Waals surface area (Å²) < 4.78 is 95.3. The molecule has 0 aromatic heterocycles. The number of amidine groups is 1. The van der Waals surface area contributed by atoms with Crippen molar-refractivity contribution in [3.05, 3.63) is 59.2 Å². The Morgan fingerprint density at radius 3 is 1.97 bits per heavy atom. The first-order valence-corrected chi connectivity index (χ1v) is 9.56. The predicted molar refractivity (Wildman–Crippen MR) is 101 cm³/mol. The Morgan fingerprint density at radius 1 is 0.909 bits per heavy atom. The molecule has 2 bridgehead atoms. The second-order valence-corrected chi connectivity index (χ2v) is 7.58. The monoisotopic (exact) mass is 474 g/mol. The van der Waals surface area contributed by atoms with Crippen LogP contribution in [0.2, 0.25) is 0 Å². The smallest absolute Gasteiger partial charge is 0.424 e. The molecule has 3 unspecified atom stereocenters. The summed E-state index contributed by atoms with van der Waals surface area (Å²) in [4.78, 5) is 29.1. The van der Waals surface area contributed by atoms with Crippen molar-refractivity contribution in [3.63, 3.8) is 0 Å². The molecule has 5 rings (SSSR count). The Hall–Kier alpha value is -3.31. The fourth-order valence-corrected chi connectivity index (χ4v) is 4.73. The van der Waals surface area contributed by atoms with E-state index in [2.05, 4.69) is 9.73 Å². The van der Waals surface area contributed by atoms with Crippen LogP contribution in [-0.2, 0) is 19.1 Å². The highest BCUT2D eigenvalue weighted by Gasteiger charge is 2.81. The molecule has 12 heteroatoms. The number of hydrogen-bond donors (Lipinski definition) is 0. The van der Waals surface area contributed by atoms with E-state index in [-0.39, 0.29) is 5.56 Å². The fraction of sp³-hybridized carbons (Fsp3) is 0.381. The first-order valence-electron chi connectivity index (χ1n) is 9.56. The summed E-state index contributed by atoms with van der Waals surface area (Å²) in [5, 5.41) is 0. The standard InChI is InChI=1S/C21H16F6N2O4/c1-32-17(30)13-11-8-9-12(14(13)18(31)33-2)29-15(11)19(20(22,23)24,21(25,26)27)28-16(29)10-6-4-3-5-7-10/h3-9,11-12,15H,1-2H3. The quantitative estimate of drug-likeness (QED) is 0.383. The summed E-state index contributed by atoms with van der Waals surface area (Å²) in [7, 11) is 1.90. The molecule has 1 aromatic carbocycles. The molecule has 0 saturated carbocycles. The van der Waals surface area contributed by atoms with Gasteiger partial charge >= 0.3 is 24.3 Å². The summed E-state index contributed by atoms with van der Waals surface area (Å²) >= 11 is 0. The zero-order chi connectivity index (χ0) is 24.3. The van der Waals surface area contributed by atoms with Crippen molar-refractivity contribution in [2.75, 3.05) is 14.2 Å². The highest BCUT2D eigenvalue weighted by molar-refractivity contribution is 6.07. The molecule has 1 aromatic rings. The third-order valence-corrected chi connectivity index (χ3v) is 6.02. The Kier molecular flexibility index (Phi) is 5.10. The molecule has 176 valence electrons. The lowest BCUT2D eigenvalue weighted by atomic mass is 9.68. The molecule has 3 aliphatic heterocycles. The number of rotatable bonds is 3. The zero-order valence-corrected chi connectivity index (χ0v) is 17.1. The van der Waals surface area contributed by atoms with E-state index in [0.29, 0.717) is 0 Å². The van der Waals surface area contributed by atoms with Gasteiger partial charge in [-0.15, -0.1) is 0 Å². The third-order valence-electron chi connectivity index (χ3n) is 6.02. The molecule has 4 aliphatic rings. The number of carbonyl (C=O) groups excluding carboxylic acids is 2. The summed E-state index contributed by atoms with van der Waals surface area (Å²) in [5.74, 6) is -4.69. The number of halogens is 6. The van der Waals surface area contributed by atoms with Gasteiger partial charge in [0.2, 0.25) is 0 Å². The van der Waals surface area contributed by atoms with E-state index in [9.17, 15) is 35.9 Å². The zero-order valence-electron chi connectivity index (χ0n) is 17.1. The van der Waals surface area contributed by atoms with Crippen LogP contribution in [0.25, 0.3) is 0 Å². The Bertz CT molecular complexity index is 1080. The van der Waals surface area contributed by atoms with Gasteiger partial charge in [0.1, 0.15) is 5.84 Å². The van der Waals surface area contributed by atoms with Crippen molar-refractivity contribution in [3.8, 4) is 0 Å². The predicted octanol–water partition coefficient (Wildman–Crippen LogP) is 3.19. The Balaban J connectivity index is 2.07. The van der Waals surface area contributed by atoms with Crippen LogP contribution >= 0.6 is 0 Å². The third kappa shape index (κ3) is 2.99. The molecule has 33 heavy (non-hydrogen) atoms. The van der Waals surface area contributed by atoms with E-state index >= 15 is 0 Å². The molecule has 0 radical (unpaired) electrons. The minimum Gasteiger partial charge on any atom is -0.466 e. The maximum absolute atomic E-state index is 14.3. The van der Waals surface area contributed by atoms with Gasteiger partial charge < -0.3 is 14.4 Å². The molecule has 3 atom stereocenters. The van der Waals surface area contributed by atoms with Gasteiger partial charge in [-0.3, -0.25) is 0 Å². The Labute approximate surface area is 183 Å². The average Bonchev–Trinajstić information content (AvgIpc) is 3.18. The van der Waals surface area contributed by atoms with Crippen molar-refractivity contribution in [1.29, 1.82) is 0 Å². The van der Waals surface area contributed by atoms with Crippen LogP contribution in [0.15, 0.2) is 58.6 Å². The van der Waals surface area contributed by atoms with Gasteiger partial charge in [-0.2, -0.15) is 26.3 Å². The van der Waals surface area contributed by atoms with Crippen LogP contribution in [0.5, 0.6) is 0 Å².